The predicted molar refractivity (Wildman–Crippen MR) is 77.4 cm³/mol. The zero-order valence-electron chi connectivity index (χ0n) is 12.0. The van der Waals surface area contributed by atoms with Gasteiger partial charge >= 0.3 is 0 Å². The molecule has 1 atom stereocenters. The third-order valence-electron chi connectivity index (χ3n) is 2.96. The van der Waals surface area contributed by atoms with Gasteiger partial charge in [-0.3, -0.25) is 4.98 Å². The molecular weight excluding hydrogens is 262 g/mol. The van der Waals surface area contributed by atoms with Gasteiger partial charge < -0.3 is 5.32 Å². The zero-order chi connectivity index (χ0) is 14.5. The van der Waals surface area contributed by atoms with E-state index in [1.54, 1.807) is 14.0 Å². The molecule has 0 radical (unpaired) electrons. The molecule has 0 fully saturated rings. The van der Waals surface area contributed by atoms with Crippen molar-refractivity contribution >= 4 is 10.0 Å². The normalized spacial score (nSPS) is 13.7. The van der Waals surface area contributed by atoms with Crippen LogP contribution in [0.4, 0.5) is 0 Å². The van der Waals surface area contributed by atoms with Crippen LogP contribution in [0.5, 0.6) is 0 Å². The van der Waals surface area contributed by atoms with Crippen LogP contribution in [0.15, 0.2) is 18.2 Å². The quantitative estimate of drug-likeness (QED) is 0.816. The van der Waals surface area contributed by atoms with Crippen molar-refractivity contribution in [3.8, 4) is 0 Å². The number of aromatic nitrogens is 1. The lowest BCUT2D eigenvalue weighted by molar-refractivity contribution is 0.450. The van der Waals surface area contributed by atoms with Crippen molar-refractivity contribution in [1.82, 2.24) is 14.6 Å². The average Bonchev–Trinajstić information content (AvgIpc) is 2.35. The molecule has 0 spiro atoms. The van der Waals surface area contributed by atoms with E-state index >= 15 is 0 Å². The molecule has 0 saturated carbocycles. The van der Waals surface area contributed by atoms with E-state index in [4.69, 9.17) is 0 Å². The second kappa shape index (κ2) is 6.98. The van der Waals surface area contributed by atoms with E-state index in [-0.39, 0.29) is 0 Å². The number of pyridine rings is 1. The van der Waals surface area contributed by atoms with Crippen molar-refractivity contribution in [2.24, 2.45) is 0 Å². The Morgan fingerprint density at radius 3 is 2.68 bits per heavy atom. The maximum atomic E-state index is 12.3. The lowest BCUT2D eigenvalue weighted by Gasteiger charge is -2.22. The highest BCUT2D eigenvalue weighted by Crippen LogP contribution is 2.10. The van der Waals surface area contributed by atoms with Crippen LogP contribution in [0.25, 0.3) is 0 Å². The Morgan fingerprint density at radius 2 is 2.11 bits per heavy atom. The molecule has 19 heavy (non-hydrogen) atoms. The van der Waals surface area contributed by atoms with Crippen LogP contribution in [-0.4, -0.2) is 43.1 Å². The Balaban J connectivity index is 2.73. The largest absolute Gasteiger partial charge is 0.316 e. The van der Waals surface area contributed by atoms with Gasteiger partial charge in [-0.15, -0.1) is 0 Å². The molecule has 108 valence electrons. The third kappa shape index (κ3) is 4.56. The fourth-order valence-electron chi connectivity index (χ4n) is 1.77. The molecule has 6 heteroatoms. The van der Waals surface area contributed by atoms with Crippen LogP contribution in [-0.2, 0) is 16.6 Å². The van der Waals surface area contributed by atoms with E-state index < -0.39 is 15.3 Å². The first-order chi connectivity index (χ1) is 8.87. The molecule has 1 aromatic heterocycles. The van der Waals surface area contributed by atoms with Gasteiger partial charge in [-0.1, -0.05) is 13.0 Å². The number of sulfonamides is 1. The first-order valence-electron chi connectivity index (χ1n) is 6.46. The number of rotatable bonds is 7. The summed E-state index contributed by atoms with van der Waals surface area (Å²) in [5.41, 5.74) is 1.66. The van der Waals surface area contributed by atoms with Crippen LogP contribution < -0.4 is 5.32 Å². The number of nitrogens with one attached hydrogen (secondary N) is 1. The van der Waals surface area contributed by atoms with Crippen molar-refractivity contribution in [3.05, 3.63) is 29.6 Å². The summed E-state index contributed by atoms with van der Waals surface area (Å²) in [5, 5.41) is 2.62. The molecular formula is C13H23N3O2S. The lowest BCUT2D eigenvalue weighted by Crippen LogP contribution is -2.39. The minimum atomic E-state index is -3.29. The number of hydrogen-bond donors (Lipinski definition) is 1. The van der Waals surface area contributed by atoms with E-state index in [0.29, 0.717) is 13.1 Å². The molecule has 0 aliphatic heterocycles. The van der Waals surface area contributed by atoms with E-state index in [1.807, 2.05) is 32.0 Å². The van der Waals surface area contributed by atoms with E-state index in [1.165, 1.54) is 4.31 Å². The SMILES string of the molecule is CCNCC(C)S(=O)(=O)N(C)Cc1cccc(C)n1. The summed E-state index contributed by atoms with van der Waals surface area (Å²) in [6.07, 6.45) is 0. The minimum Gasteiger partial charge on any atom is -0.316 e. The Morgan fingerprint density at radius 1 is 1.42 bits per heavy atom. The van der Waals surface area contributed by atoms with Gasteiger partial charge in [0.05, 0.1) is 17.5 Å². The number of nitrogens with zero attached hydrogens (tertiary/aromatic N) is 2. The molecule has 0 aliphatic carbocycles. The monoisotopic (exact) mass is 285 g/mol. The molecule has 0 aromatic carbocycles. The summed E-state index contributed by atoms with van der Waals surface area (Å²) in [6.45, 7) is 7.11. The lowest BCUT2D eigenvalue weighted by atomic mass is 10.3. The molecule has 0 amide bonds. The van der Waals surface area contributed by atoms with Gasteiger partial charge in [0.2, 0.25) is 10.0 Å². The van der Waals surface area contributed by atoms with E-state index in [2.05, 4.69) is 10.3 Å². The van der Waals surface area contributed by atoms with Gasteiger partial charge in [0, 0.05) is 19.3 Å². The molecule has 1 aromatic rings. The summed E-state index contributed by atoms with van der Waals surface area (Å²) in [6, 6.07) is 5.62. The standard InChI is InChI=1S/C13H23N3O2S/c1-5-14-9-12(3)19(17,18)16(4)10-13-8-6-7-11(2)15-13/h6-8,12,14H,5,9-10H2,1-4H3. The second-order valence-corrected chi connectivity index (χ2v) is 7.15. The Bertz CT molecular complexity index is 502. The van der Waals surface area contributed by atoms with Crippen LogP contribution in [0.3, 0.4) is 0 Å². The summed E-state index contributed by atoms with van der Waals surface area (Å²) in [5.74, 6) is 0. The number of aryl methyl sites for hydroxylation is 1. The molecule has 0 saturated heterocycles. The van der Waals surface area contributed by atoms with E-state index in [9.17, 15) is 8.42 Å². The highest BCUT2D eigenvalue weighted by molar-refractivity contribution is 7.89. The Kier molecular flexibility index (Phi) is 5.90. The maximum Gasteiger partial charge on any atom is 0.218 e. The van der Waals surface area contributed by atoms with Gasteiger partial charge in [-0.25, -0.2) is 8.42 Å². The van der Waals surface area contributed by atoms with Crippen molar-refractivity contribution in [2.75, 3.05) is 20.1 Å². The highest BCUT2D eigenvalue weighted by Gasteiger charge is 2.25. The summed E-state index contributed by atoms with van der Waals surface area (Å²) >= 11 is 0. The first-order valence-corrected chi connectivity index (χ1v) is 7.96. The summed E-state index contributed by atoms with van der Waals surface area (Å²) < 4.78 is 25.9. The van der Waals surface area contributed by atoms with Gasteiger partial charge in [0.25, 0.3) is 0 Å². The second-order valence-electron chi connectivity index (χ2n) is 4.69. The zero-order valence-corrected chi connectivity index (χ0v) is 12.9. The van der Waals surface area contributed by atoms with Gasteiger partial charge in [0.15, 0.2) is 0 Å². The fourth-order valence-corrected chi connectivity index (χ4v) is 3.02. The molecule has 1 N–H and O–H groups in total. The molecule has 1 unspecified atom stereocenters. The molecule has 0 bridgehead atoms. The first kappa shape index (κ1) is 16.1. The molecule has 1 rings (SSSR count). The number of hydrogen-bond acceptors (Lipinski definition) is 4. The molecule has 5 nitrogen and oxygen atoms in total. The van der Waals surface area contributed by atoms with Crippen LogP contribution in [0.2, 0.25) is 0 Å². The highest BCUT2D eigenvalue weighted by atomic mass is 32.2. The van der Waals surface area contributed by atoms with E-state index in [0.717, 1.165) is 17.9 Å². The van der Waals surface area contributed by atoms with Gasteiger partial charge in [-0.2, -0.15) is 4.31 Å². The average molecular weight is 285 g/mol. The minimum absolute atomic E-state index is 0.306. The van der Waals surface area contributed by atoms with Gasteiger partial charge in [0.1, 0.15) is 0 Å². The Labute approximate surface area is 116 Å². The Hall–Kier alpha value is -0.980. The van der Waals surface area contributed by atoms with Crippen molar-refractivity contribution < 1.29 is 8.42 Å². The van der Waals surface area contributed by atoms with Crippen molar-refractivity contribution in [2.45, 2.75) is 32.6 Å². The van der Waals surface area contributed by atoms with Crippen molar-refractivity contribution in [3.63, 3.8) is 0 Å². The smallest absolute Gasteiger partial charge is 0.218 e. The molecule has 1 heterocycles. The van der Waals surface area contributed by atoms with Crippen LogP contribution >= 0.6 is 0 Å². The predicted octanol–water partition coefficient (Wildman–Crippen LogP) is 1.15. The van der Waals surface area contributed by atoms with Crippen LogP contribution in [0, 0.1) is 6.92 Å². The fraction of sp³-hybridized carbons (Fsp3) is 0.615. The van der Waals surface area contributed by atoms with Crippen LogP contribution in [0.1, 0.15) is 25.2 Å². The summed E-state index contributed by atoms with van der Waals surface area (Å²) in [7, 11) is -1.69. The topological polar surface area (TPSA) is 62.3 Å². The summed E-state index contributed by atoms with van der Waals surface area (Å²) in [4.78, 5) is 4.33. The van der Waals surface area contributed by atoms with Crippen molar-refractivity contribution in [1.29, 1.82) is 0 Å². The maximum absolute atomic E-state index is 12.3. The third-order valence-corrected chi connectivity index (χ3v) is 5.14. The molecule has 0 aliphatic rings. The van der Waals surface area contributed by atoms with Gasteiger partial charge in [-0.05, 0) is 32.5 Å².